The van der Waals surface area contributed by atoms with Gasteiger partial charge in [0.2, 0.25) is 0 Å². The molecule has 2 aromatic heterocycles. The van der Waals surface area contributed by atoms with Crippen molar-refractivity contribution in [3.8, 4) is 5.82 Å². The lowest BCUT2D eigenvalue weighted by Crippen LogP contribution is -2.03. The smallest absolute Gasteiger partial charge is 0.168 e. The fourth-order valence-corrected chi connectivity index (χ4v) is 1.78. The van der Waals surface area contributed by atoms with Crippen LogP contribution in [0.25, 0.3) is 5.82 Å². The molecule has 2 N–H and O–H groups in total. The van der Waals surface area contributed by atoms with Gasteiger partial charge < -0.3 is 5.73 Å². The Bertz CT molecular complexity index is 504. The molecule has 0 unspecified atom stereocenters. The summed E-state index contributed by atoms with van der Waals surface area (Å²) in [7, 11) is 0. The summed E-state index contributed by atoms with van der Waals surface area (Å²) in [6, 6.07) is 1.93. The van der Waals surface area contributed by atoms with Crippen LogP contribution in [0, 0.1) is 13.8 Å². The van der Waals surface area contributed by atoms with E-state index in [0.29, 0.717) is 5.69 Å². The Balaban J connectivity index is 2.59. The molecule has 5 heteroatoms. The molecule has 2 heterocycles. The molecule has 0 aliphatic heterocycles. The van der Waals surface area contributed by atoms with Crippen LogP contribution in [-0.4, -0.2) is 14.8 Å². The SMILES string of the molecule is Cc1ccn(-c2ncc(N)c(C)c2Br)n1. The molecule has 2 rings (SSSR count). The minimum absolute atomic E-state index is 0.675. The second-order valence-electron chi connectivity index (χ2n) is 3.38. The summed E-state index contributed by atoms with van der Waals surface area (Å²) in [5, 5.41) is 4.30. The monoisotopic (exact) mass is 266 g/mol. The largest absolute Gasteiger partial charge is 0.397 e. The van der Waals surface area contributed by atoms with Crippen molar-refractivity contribution in [2.45, 2.75) is 13.8 Å². The summed E-state index contributed by atoms with van der Waals surface area (Å²) in [6.45, 7) is 3.88. The third-order valence-electron chi connectivity index (χ3n) is 2.22. The van der Waals surface area contributed by atoms with Crippen LogP contribution in [0.2, 0.25) is 0 Å². The third kappa shape index (κ3) is 1.74. The Kier molecular flexibility index (Phi) is 2.48. The number of aromatic nitrogens is 3. The molecule has 78 valence electrons. The maximum Gasteiger partial charge on any atom is 0.168 e. The number of hydrogen-bond acceptors (Lipinski definition) is 3. The molecule has 4 nitrogen and oxygen atoms in total. The van der Waals surface area contributed by atoms with E-state index >= 15 is 0 Å². The number of hydrogen-bond donors (Lipinski definition) is 1. The van der Waals surface area contributed by atoms with Crippen molar-refractivity contribution in [3.05, 3.63) is 34.2 Å². The van der Waals surface area contributed by atoms with Gasteiger partial charge >= 0.3 is 0 Å². The first kappa shape index (κ1) is 10.2. The highest BCUT2D eigenvalue weighted by Gasteiger charge is 2.09. The topological polar surface area (TPSA) is 56.7 Å². The second-order valence-corrected chi connectivity index (χ2v) is 4.17. The summed E-state index contributed by atoms with van der Waals surface area (Å²) in [4.78, 5) is 4.25. The standard InChI is InChI=1S/C10H11BrN4/c1-6-3-4-15(14-6)10-9(11)7(2)8(12)5-13-10/h3-5H,12H2,1-2H3. The molecular weight excluding hydrogens is 256 g/mol. The Hall–Kier alpha value is -1.36. The van der Waals surface area contributed by atoms with Crippen LogP contribution in [0.3, 0.4) is 0 Å². The first-order chi connectivity index (χ1) is 7.09. The molecule has 0 saturated heterocycles. The van der Waals surface area contributed by atoms with Gasteiger partial charge in [0.1, 0.15) is 0 Å². The van der Waals surface area contributed by atoms with Crippen LogP contribution in [-0.2, 0) is 0 Å². The molecule has 0 bridgehead atoms. The van der Waals surface area contributed by atoms with Gasteiger partial charge in [0, 0.05) is 6.20 Å². The predicted molar refractivity (Wildman–Crippen MR) is 62.9 cm³/mol. The minimum Gasteiger partial charge on any atom is -0.397 e. The second kappa shape index (κ2) is 3.66. The van der Waals surface area contributed by atoms with Crippen molar-refractivity contribution in [3.63, 3.8) is 0 Å². The molecule has 0 radical (unpaired) electrons. The van der Waals surface area contributed by atoms with Gasteiger partial charge in [-0.25, -0.2) is 9.67 Å². The van der Waals surface area contributed by atoms with Crippen LogP contribution in [0.4, 0.5) is 5.69 Å². The van der Waals surface area contributed by atoms with Crippen molar-refractivity contribution < 1.29 is 0 Å². The number of nitrogens with two attached hydrogens (primary N) is 1. The zero-order chi connectivity index (χ0) is 11.0. The van der Waals surface area contributed by atoms with E-state index in [9.17, 15) is 0 Å². The Morgan fingerprint density at radius 1 is 1.40 bits per heavy atom. The van der Waals surface area contributed by atoms with Gasteiger partial charge in [-0.2, -0.15) is 5.10 Å². The molecule has 2 aromatic rings. The highest BCUT2D eigenvalue weighted by Crippen LogP contribution is 2.26. The van der Waals surface area contributed by atoms with E-state index in [1.165, 1.54) is 0 Å². The van der Waals surface area contributed by atoms with Gasteiger partial charge in [-0.05, 0) is 41.4 Å². The first-order valence-electron chi connectivity index (χ1n) is 4.53. The number of halogens is 1. The average Bonchev–Trinajstić information content (AvgIpc) is 2.61. The van der Waals surface area contributed by atoms with Crippen molar-refractivity contribution in [1.29, 1.82) is 0 Å². The van der Waals surface area contributed by atoms with Gasteiger partial charge in [-0.3, -0.25) is 0 Å². The van der Waals surface area contributed by atoms with Gasteiger partial charge in [-0.15, -0.1) is 0 Å². The number of aryl methyl sites for hydroxylation is 1. The number of anilines is 1. The summed E-state index contributed by atoms with van der Waals surface area (Å²) < 4.78 is 2.61. The van der Waals surface area contributed by atoms with E-state index in [1.807, 2.05) is 26.1 Å². The van der Waals surface area contributed by atoms with E-state index in [4.69, 9.17) is 5.73 Å². The maximum absolute atomic E-state index is 5.75. The lowest BCUT2D eigenvalue weighted by molar-refractivity contribution is 0.826. The number of pyridine rings is 1. The number of nitrogens with zero attached hydrogens (tertiary/aromatic N) is 3. The molecule has 0 spiro atoms. The molecule has 0 aliphatic rings. The highest BCUT2D eigenvalue weighted by molar-refractivity contribution is 9.10. The quantitative estimate of drug-likeness (QED) is 0.861. The molecule has 0 amide bonds. The van der Waals surface area contributed by atoms with Crippen LogP contribution in [0.5, 0.6) is 0 Å². The molecule has 0 aromatic carbocycles. The Morgan fingerprint density at radius 2 is 2.13 bits per heavy atom. The zero-order valence-corrected chi connectivity index (χ0v) is 10.1. The van der Waals surface area contributed by atoms with Gasteiger partial charge in [0.25, 0.3) is 0 Å². The predicted octanol–water partition coefficient (Wildman–Crippen LogP) is 2.23. The normalized spacial score (nSPS) is 10.6. The number of rotatable bonds is 1. The van der Waals surface area contributed by atoms with Crippen LogP contribution in [0.15, 0.2) is 22.9 Å². The highest BCUT2D eigenvalue weighted by atomic mass is 79.9. The fourth-order valence-electron chi connectivity index (χ4n) is 1.27. The Labute approximate surface area is 96.3 Å². The average molecular weight is 267 g/mol. The van der Waals surface area contributed by atoms with Crippen LogP contribution >= 0.6 is 15.9 Å². The van der Waals surface area contributed by atoms with Crippen molar-refractivity contribution in [2.24, 2.45) is 0 Å². The summed E-state index contributed by atoms with van der Waals surface area (Å²) in [5.41, 5.74) is 8.36. The van der Waals surface area contributed by atoms with Crippen LogP contribution in [0.1, 0.15) is 11.3 Å². The third-order valence-corrected chi connectivity index (χ3v) is 3.17. The van der Waals surface area contributed by atoms with E-state index < -0.39 is 0 Å². The van der Waals surface area contributed by atoms with Crippen molar-refractivity contribution in [2.75, 3.05) is 5.73 Å². The lowest BCUT2D eigenvalue weighted by Gasteiger charge is -2.07. The lowest BCUT2D eigenvalue weighted by atomic mass is 10.2. The van der Waals surface area contributed by atoms with E-state index in [2.05, 4.69) is 26.0 Å². The maximum atomic E-state index is 5.75. The van der Waals surface area contributed by atoms with Crippen molar-refractivity contribution in [1.82, 2.24) is 14.8 Å². The molecule has 0 fully saturated rings. The molecule has 0 saturated carbocycles. The molecule has 0 aliphatic carbocycles. The summed E-state index contributed by atoms with van der Waals surface area (Å²) in [5.74, 6) is 0.759. The first-order valence-corrected chi connectivity index (χ1v) is 5.32. The van der Waals surface area contributed by atoms with Crippen molar-refractivity contribution >= 4 is 21.6 Å². The summed E-state index contributed by atoms with van der Waals surface area (Å²) in [6.07, 6.45) is 3.52. The number of nitrogen functional groups attached to an aromatic ring is 1. The van der Waals surface area contributed by atoms with E-state index in [-0.39, 0.29) is 0 Å². The molecule has 15 heavy (non-hydrogen) atoms. The Morgan fingerprint density at radius 3 is 2.73 bits per heavy atom. The van der Waals surface area contributed by atoms with Crippen LogP contribution < -0.4 is 5.73 Å². The van der Waals surface area contributed by atoms with E-state index in [0.717, 1.165) is 21.5 Å². The van der Waals surface area contributed by atoms with Gasteiger partial charge in [0.15, 0.2) is 5.82 Å². The van der Waals surface area contributed by atoms with Gasteiger partial charge in [-0.1, -0.05) is 0 Å². The van der Waals surface area contributed by atoms with Gasteiger partial charge in [0.05, 0.1) is 22.1 Å². The molecular formula is C10H11BrN4. The van der Waals surface area contributed by atoms with E-state index in [1.54, 1.807) is 10.9 Å². The molecule has 0 atom stereocenters. The fraction of sp³-hybridized carbons (Fsp3) is 0.200. The minimum atomic E-state index is 0.675. The zero-order valence-electron chi connectivity index (χ0n) is 8.53. The summed E-state index contributed by atoms with van der Waals surface area (Å²) >= 11 is 3.47.